The molecule has 2 unspecified atom stereocenters. The van der Waals surface area contributed by atoms with Gasteiger partial charge in [-0.2, -0.15) is 0 Å². The van der Waals surface area contributed by atoms with E-state index in [2.05, 4.69) is 19.9 Å². The zero-order valence-electron chi connectivity index (χ0n) is 11.7. The Morgan fingerprint density at radius 2 is 1.94 bits per heavy atom. The van der Waals surface area contributed by atoms with Gasteiger partial charge in [0.15, 0.2) is 6.29 Å². The topological polar surface area (TPSA) is 18.5 Å². The second kappa shape index (κ2) is 5.11. The molecule has 2 rings (SSSR count). The molecule has 2 aliphatic carbocycles. The molecule has 0 aromatic heterocycles. The summed E-state index contributed by atoms with van der Waals surface area (Å²) >= 11 is 0. The summed E-state index contributed by atoms with van der Waals surface area (Å²) in [6, 6.07) is 0. The van der Waals surface area contributed by atoms with Crippen molar-refractivity contribution in [1.82, 2.24) is 0 Å². The van der Waals surface area contributed by atoms with Crippen LogP contribution in [0.2, 0.25) is 0 Å². The lowest BCUT2D eigenvalue weighted by molar-refractivity contribution is -0.152. The second-order valence-corrected chi connectivity index (χ2v) is 6.12. The average Bonchev–Trinajstić information content (AvgIpc) is 2.31. The first-order chi connectivity index (χ1) is 8.10. The summed E-state index contributed by atoms with van der Waals surface area (Å²) in [7, 11) is 3.53. The van der Waals surface area contributed by atoms with Gasteiger partial charge in [-0.15, -0.1) is 0 Å². The highest BCUT2D eigenvalue weighted by Crippen LogP contribution is 2.50. The predicted octanol–water partition coefficient (Wildman–Crippen LogP) is 3.77. The molecule has 1 fully saturated rings. The van der Waals surface area contributed by atoms with E-state index < -0.39 is 0 Å². The Morgan fingerprint density at radius 3 is 2.59 bits per heavy atom. The van der Waals surface area contributed by atoms with Gasteiger partial charge in [-0.05, 0) is 37.0 Å². The maximum absolute atomic E-state index is 5.51. The number of hydrogen-bond donors (Lipinski definition) is 0. The van der Waals surface area contributed by atoms with Crippen LogP contribution >= 0.6 is 0 Å². The van der Waals surface area contributed by atoms with Crippen LogP contribution in [0.5, 0.6) is 0 Å². The highest BCUT2D eigenvalue weighted by Gasteiger charge is 2.41. The highest BCUT2D eigenvalue weighted by atomic mass is 16.7. The summed E-state index contributed by atoms with van der Waals surface area (Å²) < 4.78 is 11.0. The van der Waals surface area contributed by atoms with Crippen molar-refractivity contribution >= 4 is 0 Å². The lowest BCUT2D eigenvalue weighted by Crippen LogP contribution is -2.39. The number of fused-ring (bicyclic) bond motifs is 1. The smallest absolute Gasteiger partial charge is 0.160 e. The summed E-state index contributed by atoms with van der Waals surface area (Å²) in [5.41, 5.74) is 2.05. The molecule has 0 bridgehead atoms. The number of hydrogen-bond acceptors (Lipinski definition) is 2. The van der Waals surface area contributed by atoms with E-state index in [1.54, 1.807) is 19.8 Å². The second-order valence-electron chi connectivity index (χ2n) is 6.12. The van der Waals surface area contributed by atoms with E-state index in [1.165, 1.54) is 32.1 Å². The van der Waals surface area contributed by atoms with Crippen LogP contribution in [0.3, 0.4) is 0 Å². The largest absolute Gasteiger partial charge is 0.356 e. The van der Waals surface area contributed by atoms with Crippen molar-refractivity contribution in [3.8, 4) is 0 Å². The fourth-order valence-corrected chi connectivity index (χ4v) is 3.84. The van der Waals surface area contributed by atoms with Crippen LogP contribution in [-0.2, 0) is 9.47 Å². The third-order valence-corrected chi connectivity index (χ3v) is 4.69. The Bertz CT molecular complexity index is 289. The number of rotatable bonds is 3. The Kier molecular flexibility index (Phi) is 3.94. The lowest BCUT2D eigenvalue weighted by Gasteiger charge is -2.46. The van der Waals surface area contributed by atoms with E-state index in [0.717, 1.165) is 0 Å². The SMILES string of the molecule is COC(OC)C1CCC=C2C1CCCC2(C)C. The predicted molar refractivity (Wildman–Crippen MR) is 69.7 cm³/mol. The monoisotopic (exact) mass is 238 g/mol. The molecule has 98 valence electrons. The van der Waals surface area contributed by atoms with Gasteiger partial charge < -0.3 is 9.47 Å². The molecule has 2 nitrogen and oxygen atoms in total. The van der Waals surface area contributed by atoms with E-state index in [0.29, 0.717) is 17.3 Å². The van der Waals surface area contributed by atoms with Crippen molar-refractivity contribution in [3.63, 3.8) is 0 Å². The van der Waals surface area contributed by atoms with Gasteiger partial charge in [0.25, 0.3) is 0 Å². The van der Waals surface area contributed by atoms with Gasteiger partial charge in [-0.25, -0.2) is 0 Å². The Morgan fingerprint density at radius 1 is 1.24 bits per heavy atom. The quantitative estimate of drug-likeness (QED) is 0.550. The van der Waals surface area contributed by atoms with Crippen molar-refractivity contribution in [2.45, 2.75) is 52.2 Å². The molecule has 0 heterocycles. The average molecular weight is 238 g/mol. The molecule has 0 spiro atoms. The normalized spacial score (nSPS) is 32.2. The molecule has 1 saturated carbocycles. The number of allylic oxidation sites excluding steroid dienone is 2. The molecule has 0 radical (unpaired) electrons. The van der Waals surface area contributed by atoms with Gasteiger partial charge in [-0.1, -0.05) is 31.9 Å². The number of ether oxygens (including phenoxy) is 2. The summed E-state index contributed by atoms with van der Waals surface area (Å²) in [5.74, 6) is 1.22. The molecule has 0 N–H and O–H groups in total. The standard InChI is InChI=1S/C15H26O2/c1-15(2)10-6-8-11-12(14(16-3)17-4)7-5-9-13(11)15/h9,11-12,14H,5-8,10H2,1-4H3. The van der Waals surface area contributed by atoms with E-state index in [4.69, 9.17) is 9.47 Å². The Balaban J connectivity index is 2.21. The zero-order valence-corrected chi connectivity index (χ0v) is 11.7. The van der Waals surface area contributed by atoms with Gasteiger partial charge >= 0.3 is 0 Å². The molecule has 0 aromatic rings. The maximum Gasteiger partial charge on any atom is 0.160 e. The fourth-order valence-electron chi connectivity index (χ4n) is 3.84. The van der Waals surface area contributed by atoms with Crippen LogP contribution in [0.15, 0.2) is 11.6 Å². The summed E-state index contributed by atoms with van der Waals surface area (Å²) in [4.78, 5) is 0. The first-order valence-corrected chi connectivity index (χ1v) is 6.86. The minimum absolute atomic E-state index is 0.0300. The van der Waals surface area contributed by atoms with Crippen LogP contribution in [0, 0.1) is 17.3 Å². The Hall–Kier alpha value is -0.340. The lowest BCUT2D eigenvalue weighted by atomic mass is 9.61. The molecular formula is C15H26O2. The van der Waals surface area contributed by atoms with Crippen molar-refractivity contribution in [3.05, 3.63) is 11.6 Å². The van der Waals surface area contributed by atoms with Crippen LogP contribution in [0.4, 0.5) is 0 Å². The first-order valence-electron chi connectivity index (χ1n) is 6.86. The molecule has 2 heteroatoms. The molecule has 2 atom stereocenters. The Labute approximate surface area is 105 Å². The van der Waals surface area contributed by atoms with Crippen LogP contribution in [0.25, 0.3) is 0 Å². The van der Waals surface area contributed by atoms with Crippen LogP contribution in [0.1, 0.15) is 46.0 Å². The van der Waals surface area contributed by atoms with Crippen LogP contribution in [-0.4, -0.2) is 20.5 Å². The summed E-state index contributed by atoms with van der Waals surface area (Å²) in [6.07, 6.45) is 8.82. The van der Waals surface area contributed by atoms with E-state index in [-0.39, 0.29) is 6.29 Å². The van der Waals surface area contributed by atoms with Crippen LogP contribution < -0.4 is 0 Å². The molecule has 0 saturated heterocycles. The van der Waals surface area contributed by atoms with Crippen molar-refractivity contribution in [2.24, 2.45) is 17.3 Å². The molecule has 2 aliphatic rings. The summed E-state index contributed by atoms with van der Waals surface area (Å²) in [6.45, 7) is 4.78. The first kappa shape index (κ1) is 13.1. The number of methoxy groups -OCH3 is 2. The summed E-state index contributed by atoms with van der Waals surface area (Å²) in [5, 5.41) is 0. The maximum atomic E-state index is 5.51. The van der Waals surface area contributed by atoms with Crippen molar-refractivity contribution < 1.29 is 9.47 Å². The highest BCUT2D eigenvalue weighted by molar-refractivity contribution is 5.22. The van der Waals surface area contributed by atoms with Gasteiger partial charge in [0.1, 0.15) is 0 Å². The molecule has 0 amide bonds. The minimum atomic E-state index is -0.0300. The molecule has 17 heavy (non-hydrogen) atoms. The van der Waals surface area contributed by atoms with E-state index in [9.17, 15) is 0 Å². The van der Waals surface area contributed by atoms with Crippen molar-refractivity contribution in [1.29, 1.82) is 0 Å². The van der Waals surface area contributed by atoms with Gasteiger partial charge in [0.2, 0.25) is 0 Å². The zero-order chi connectivity index (χ0) is 12.5. The van der Waals surface area contributed by atoms with Gasteiger partial charge in [0.05, 0.1) is 0 Å². The third kappa shape index (κ3) is 2.43. The molecule has 0 aliphatic heterocycles. The minimum Gasteiger partial charge on any atom is -0.356 e. The third-order valence-electron chi connectivity index (χ3n) is 4.69. The van der Waals surface area contributed by atoms with Gasteiger partial charge in [-0.3, -0.25) is 0 Å². The van der Waals surface area contributed by atoms with Gasteiger partial charge in [0, 0.05) is 20.1 Å². The molecule has 0 aromatic carbocycles. The molecular weight excluding hydrogens is 212 g/mol. The van der Waals surface area contributed by atoms with Crippen molar-refractivity contribution in [2.75, 3.05) is 14.2 Å². The van der Waals surface area contributed by atoms with E-state index in [1.807, 2.05) is 0 Å². The van der Waals surface area contributed by atoms with E-state index >= 15 is 0 Å². The fraction of sp³-hybridized carbons (Fsp3) is 0.867.